The van der Waals surface area contributed by atoms with Crippen molar-refractivity contribution in [2.24, 2.45) is 0 Å². The molecule has 0 aliphatic heterocycles. The first-order valence-electron chi connectivity index (χ1n) is 9.25. The second kappa shape index (κ2) is 12.1. The number of hydrogen-bond donors (Lipinski definition) is 1. The molecular formula is C21H27Cl2NO3. The molecule has 0 bridgehead atoms. The molecular weight excluding hydrogens is 385 g/mol. The normalized spacial score (nSPS) is 10.8. The van der Waals surface area contributed by atoms with Gasteiger partial charge in [-0.15, -0.1) is 0 Å². The number of hydrogen-bond acceptors (Lipinski definition) is 4. The Morgan fingerprint density at radius 2 is 1.81 bits per heavy atom. The highest BCUT2D eigenvalue weighted by molar-refractivity contribution is 6.32. The molecule has 0 aromatic heterocycles. The SMILES string of the molecule is CCOCCCNCc1cc(Cl)c(OCc2cccc(Cl)c2)c(OCC)c1. The maximum atomic E-state index is 6.47. The van der Waals surface area contributed by atoms with E-state index < -0.39 is 0 Å². The van der Waals surface area contributed by atoms with Crippen molar-refractivity contribution in [2.75, 3.05) is 26.4 Å². The summed E-state index contributed by atoms with van der Waals surface area (Å²) in [6.45, 7) is 7.96. The zero-order chi connectivity index (χ0) is 19.5. The molecule has 0 unspecified atom stereocenters. The van der Waals surface area contributed by atoms with E-state index in [9.17, 15) is 0 Å². The van der Waals surface area contributed by atoms with Crippen LogP contribution >= 0.6 is 23.2 Å². The van der Waals surface area contributed by atoms with E-state index in [1.807, 2.05) is 50.2 Å². The second-order valence-corrected chi connectivity index (χ2v) is 6.83. The quantitative estimate of drug-likeness (QED) is 0.468. The summed E-state index contributed by atoms with van der Waals surface area (Å²) in [6.07, 6.45) is 0.973. The second-order valence-electron chi connectivity index (χ2n) is 5.98. The predicted molar refractivity (Wildman–Crippen MR) is 111 cm³/mol. The van der Waals surface area contributed by atoms with Crippen LogP contribution in [0.15, 0.2) is 36.4 Å². The van der Waals surface area contributed by atoms with E-state index in [4.69, 9.17) is 37.4 Å². The molecule has 0 radical (unpaired) electrons. The van der Waals surface area contributed by atoms with Crippen LogP contribution in [-0.4, -0.2) is 26.4 Å². The van der Waals surface area contributed by atoms with Gasteiger partial charge < -0.3 is 19.5 Å². The topological polar surface area (TPSA) is 39.7 Å². The first kappa shape index (κ1) is 21.8. The summed E-state index contributed by atoms with van der Waals surface area (Å²) in [5.41, 5.74) is 2.02. The maximum absolute atomic E-state index is 6.47. The molecule has 0 amide bonds. The molecule has 0 saturated carbocycles. The highest BCUT2D eigenvalue weighted by Gasteiger charge is 2.13. The maximum Gasteiger partial charge on any atom is 0.180 e. The van der Waals surface area contributed by atoms with E-state index >= 15 is 0 Å². The standard InChI is InChI=1S/C21H27Cl2NO3/c1-3-25-10-6-9-24-14-17-12-19(23)21(20(13-17)26-4-2)27-15-16-7-5-8-18(22)11-16/h5,7-8,11-13,24H,3-4,6,9-10,14-15H2,1-2H3. The predicted octanol–water partition coefficient (Wildman–Crippen LogP) is 5.49. The van der Waals surface area contributed by atoms with Gasteiger partial charge in [-0.3, -0.25) is 0 Å². The van der Waals surface area contributed by atoms with Crippen molar-refractivity contribution >= 4 is 23.2 Å². The molecule has 148 valence electrons. The van der Waals surface area contributed by atoms with Gasteiger partial charge in [0.15, 0.2) is 11.5 Å². The summed E-state index contributed by atoms with van der Waals surface area (Å²) in [5, 5.41) is 4.61. The van der Waals surface area contributed by atoms with Gasteiger partial charge >= 0.3 is 0 Å². The Morgan fingerprint density at radius 1 is 0.963 bits per heavy atom. The summed E-state index contributed by atoms with van der Waals surface area (Å²) in [6, 6.07) is 11.4. The van der Waals surface area contributed by atoms with Crippen molar-refractivity contribution in [1.82, 2.24) is 5.32 Å². The molecule has 0 atom stereocenters. The highest BCUT2D eigenvalue weighted by Crippen LogP contribution is 2.37. The number of rotatable bonds is 12. The lowest BCUT2D eigenvalue weighted by Crippen LogP contribution is -2.16. The molecule has 0 spiro atoms. The van der Waals surface area contributed by atoms with Gasteiger partial charge in [0.1, 0.15) is 6.61 Å². The molecule has 0 aliphatic carbocycles. The number of nitrogens with one attached hydrogen (secondary N) is 1. The van der Waals surface area contributed by atoms with E-state index in [2.05, 4.69) is 5.32 Å². The van der Waals surface area contributed by atoms with Crippen LogP contribution in [0.25, 0.3) is 0 Å². The van der Waals surface area contributed by atoms with E-state index in [1.54, 1.807) is 0 Å². The first-order valence-corrected chi connectivity index (χ1v) is 10.0. The Hall–Kier alpha value is -1.46. The zero-order valence-electron chi connectivity index (χ0n) is 15.9. The minimum Gasteiger partial charge on any atom is -0.490 e. The van der Waals surface area contributed by atoms with Crippen LogP contribution in [0.1, 0.15) is 31.4 Å². The summed E-state index contributed by atoms with van der Waals surface area (Å²) in [4.78, 5) is 0. The van der Waals surface area contributed by atoms with Gasteiger partial charge in [0.05, 0.1) is 11.6 Å². The fourth-order valence-electron chi connectivity index (χ4n) is 2.59. The fraction of sp³-hybridized carbons (Fsp3) is 0.429. The summed E-state index contributed by atoms with van der Waals surface area (Å²) < 4.78 is 17.0. The smallest absolute Gasteiger partial charge is 0.180 e. The van der Waals surface area contributed by atoms with Gasteiger partial charge in [-0.2, -0.15) is 0 Å². The van der Waals surface area contributed by atoms with Crippen LogP contribution in [0, 0.1) is 0 Å². The molecule has 0 saturated heterocycles. The summed E-state index contributed by atoms with van der Waals surface area (Å²) in [5.74, 6) is 1.21. The lowest BCUT2D eigenvalue weighted by atomic mass is 10.2. The third-order valence-corrected chi connectivity index (χ3v) is 4.33. The minimum atomic E-state index is 0.370. The highest BCUT2D eigenvalue weighted by atomic mass is 35.5. The Bertz CT molecular complexity index is 710. The molecule has 0 fully saturated rings. The van der Waals surface area contributed by atoms with Crippen LogP contribution in [0.3, 0.4) is 0 Å². The van der Waals surface area contributed by atoms with Crippen LogP contribution in [-0.2, 0) is 17.9 Å². The third kappa shape index (κ3) is 7.59. The fourth-order valence-corrected chi connectivity index (χ4v) is 3.09. The lowest BCUT2D eigenvalue weighted by Gasteiger charge is -2.16. The average molecular weight is 412 g/mol. The van der Waals surface area contributed by atoms with Crippen molar-refractivity contribution < 1.29 is 14.2 Å². The van der Waals surface area contributed by atoms with E-state index in [1.165, 1.54) is 0 Å². The van der Waals surface area contributed by atoms with Crippen LogP contribution in [0.2, 0.25) is 10.0 Å². The van der Waals surface area contributed by atoms with E-state index in [0.717, 1.165) is 37.3 Å². The monoisotopic (exact) mass is 411 g/mol. The Morgan fingerprint density at radius 3 is 2.56 bits per heavy atom. The largest absolute Gasteiger partial charge is 0.490 e. The molecule has 0 heterocycles. The van der Waals surface area contributed by atoms with Gasteiger partial charge in [-0.05, 0) is 62.2 Å². The van der Waals surface area contributed by atoms with Gasteiger partial charge in [0, 0.05) is 24.8 Å². The molecule has 1 N–H and O–H groups in total. The number of ether oxygens (including phenoxy) is 3. The van der Waals surface area contributed by atoms with Crippen molar-refractivity contribution in [3.8, 4) is 11.5 Å². The van der Waals surface area contributed by atoms with Crippen LogP contribution < -0.4 is 14.8 Å². The number of benzene rings is 2. The molecule has 2 aromatic carbocycles. The molecule has 2 aromatic rings. The van der Waals surface area contributed by atoms with Gasteiger partial charge in [-0.25, -0.2) is 0 Å². The van der Waals surface area contributed by atoms with Crippen LogP contribution in [0.5, 0.6) is 11.5 Å². The van der Waals surface area contributed by atoms with Gasteiger partial charge in [-0.1, -0.05) is 35.3 Å². The Balaban J connectivity index is 1.99. The van der Waals surface area contributed by atoms with Crippen molar-refractivity contribution in [2.45, 2.75) is 33.4 Å². The molecule has 6 heteroatoms. The molecule has 2 rings (SSSR count). The lowest BCUT2D eigenvalue weighted by molar-refractivity contribution is 0.144. The number of halogens is 2. The van der Waals surface area contributed by atoms with Gasteiger partial charge in [0.25, 0.3) is 0 Å². The Kier molecular flexibility index (Phi) is 9.78. The van der Waals surface area contributed by atoms with Gasteiger partial charge in [0.2, 0.25) is 0 Å². The van der Waals surface area contributed by atoms with E-state index in [-0.39, 0.29) is 0 Å². The van der Waals surface area contributed by atoms with E-state index in [0.29, 0.717) is 41.3 Å². The van der Waals surface area contributed by atoms with Crippen molar-refractivity contribution in [1.29, 1.82) is 0 Å². The molecule has 27 heavy (non-hydrogen) atoms. The minimum absolute atomic E-state index is 0.370. The average Bonchev–Trinajstić information content (AvgIpc) is 2.64. The molecule has 0 aliphatic rings. The Labute approximate surface area is 171 Å². The third-order valence-electron chi connectivity index (χ3n) is 3.82. The summed E-state index contributed by atoms with van der Waals surface area (Å²) >= 11 is 12.5. The zero-order valence-corrected chi connectivity index (χ0v) is 17.4. The first-order chi connectivity index (χ1) is 13.1. The van der Waals surface area contributed by atoms with Crippen LogP contribution in [0.4, 0.5) is 0 Å². The van der Waals surface area contributed by atoms with Crippen molar-refractivity contribution in [3.05, 3.63) is 57.6 Å². The molecule has 4 nitrogen and oxygen atoms in total. The van der Waals surface area contributed by atoms with Crippen molar-refractivity contribution in [3.63, 3.8) is 0 Å². The summed E-state index contributed by atoms with van der Waals surface area (Å²) in [7, 11) is 0.